The van der Waals surface area contributed by atoms with E-state index in [0.717, 1.165) is 13.1 Å². The van der Waals surface area contributed by atoms with Crippen molar-refractivity contribution in [3.05, 3.63) is 35.9 Å². The summed E-state index contributed by atoms with van der Waals surface area (Å²) in [5.41, 5.74) is 1.17. The molecule has 0 bridgehead atoms. The highest BCUT2D eigenvalue weighted by molar-refractivity contribution is 5.85. The molecule has 1 aromatic carbocycles. The van der Waals surface area contributed by atoms with Gasteiger partial charge in [0, 0.05) is 13.0 Å². The highest BCUT2D eigenvalue weighted by atomic mass is 35.5. The first-order valence-electron chi connectivity index (χ1n) is 9.32. The molecule has 0 spiro atoms. The number of carbonyl (C=O) groups excluding carboxylic acids is 1. The molecule has 1 aromatic rings. The Morgan fingerprint density at radius 1 is 1.36 bits per heavy atom. The molecule has 0 aliphatic carbocycles. The van der Waals surface area contributed by atoms with Gasteiger partial charge in [0.2, 0.25) is 5.91 Å². The smallest absolute Gasteiger partial charge is 0.223 e. The van der Waals surface area contributed by atoms with Gasteiger partial charge in [-0.15, -0.1) is 12.4 Å². The zero-order valence-corrected chi connectivity index (χ0v) is 16.1. The molecule has 25 heavy (non-hydrogen) atoms. The minimum absolute atomic E-state index is 0. The van der Waals surface area contributed by atoms with Gasteiger partial charge in [-0.1, -0.05) is 37.3 Å². The van der Waals surface area contributed by atoms with Gasteiger partial charge < -0.3 is 15.0 Å². The lowest BCUT2D eigenvalue weighted by Crippen LogP contribution is -2.47. The monoisotopic (exact) mass is 366 g/mol. The van der Waals surface area contributed by atoms with Crippen LogP contribution in [0.3, 0.4) is 0 Å². The third-order valence-electron chi connectivity index (χ3n) is 5.51. The molecule has 2 aliphatic rings. The second kappa shape index (κ2) is 9.56. The van der Waals surface area contributed by atoms with Gasteiger partial charge in [-0.25, -0.2) is 0 Å². The molecule has 2 aliphatic heterocycles. The van der Waals surface area contributed by atoms with E-state index in [2.05, 4.69) is 36.2 Å². The molecule has 1 N–H and O–H groups in total. The fourth-order valence-electron chi connectivity index (χ4n) is 3.95. The Morgan fingerprint density at radius 3 is 2.80 bits per heavy atom. The molecule has 1 amide bonds. The summed E-state index contributed by atoms with van der Waals surface area (Å²) < 4.78 is 5.84. The second-order valence-electron chi connectivity index (χ2n) is 7.40. The summed E-state index contributed by atoms with van der Waals surface area (Å²) in [5, 5.41) is 3.47. The SMILES string of the molecule is CC1CN(C(=O)CC(C)C2CCCNC2)C(c2ccccc2)CO1.Cl. The van der Waals surface area contributed by atoms with Crippen molar-refractivity contribution < 1.29 is 9.53 Å². The van der Waals surface area contributed by atoms with Gasteiger partial charge >= 0.3 is 0 Å². The number of morpholine rings is 1. The zero-order valence-electron chi connectivity index (χ0n) is 15.3. The summed E-state index contributed by atoms with van der Waals surface area (Å²) >= 11 is 0. The van der Waals surface area contributed by atoms with Crippen molar-refractivity contribution in [1.29, 1.82) is 0 Å². The van der Waals surface area contributed by atoms with Crippen LogP contribution in [0.1, 0.15) is 44.7 Å². The number of hydrogen-bond acceptors (Lipinski definition) is 3. The summed E-state index contributed by atoms with van der Waals surface area (Å²) in [6, 6.07) is 10.3. The average Bonchev–Trinajstić information content (AvgIpc) is 2.63. The fourth-order valence-corrected chi connectivity index (χ4v) is 3.95. The van der Waals surface area contributed by atoms with Crippen LogP contribution < -0.4 is 5.32 Å². The topological polar surface area (TPSA) is 41.6 Å². The van der Waals surface area contributed by atoms with Crippen LogP contribution in [0.15, 0.2) is 30.3 Å². The number of nitrogens with one attached hydrogen (secondary N) is 1. The van der Waals surface area contributed by atoms with Crippen LogP contribution in [-0.4, -0.2) is 43.2 Å². The van der Waals surface area contributed by atoms with Crippen LogP contribution >= 0.6 is 12.4 Å². The van der Waals surface area contributed by atoms with Crippen molar-refractivity contribution in [2.24, 2.45) is 11.8 Å². The number of carbonyl (C=O) groups is 1. The Balaban J connectivity index is 0.00000225. The standard InChI is InChI=1S/C20H30N2O2.ClH/c1-15(18-9-6-10-21-12-18)11-20(23)22-13-16(2)24-14-19(22)17-7-4-3-5-8-17;/h3-5,7-8,15-16,18-19,21H,6,9-14H2,1-2H3;1H. The maximum absolute atomic E-state index is 13.0. The molecular weight excluding hydrogens is 336 g/mol. The molecule has 2 fully saturated rings. The molecular formula is C20H31ClN2O2. The molecule has 3 rings (SSSR count). The maximum atomic E-state index is 13.0. The minimum atomic E-state index is 0. The summed E-state index contributed by atoms with van der Waals surface area (Å²) in [5.74, 6) is 1.33. The van der Waals surface area contributed by atoms with Gasteiger partial charge in [-0.3, -0.25) is 4.79 Å². The van der Waals surface area contributed by atoms with Crippen LogP contribution in [0, 0.1) is 11.8 Å². The van der Waals surface area contributed by atoms with E-state index in [1.807, 2.05) is 18.2 Å². The molecule has 4 unspecified atom stereocenters. The van der Waals surface area contributed by atoms with Gasteiger partial charge in [-0.2, -0.15) is 0 Å². The Hall–Kier alpha value is -1.10. The molecule has 0 aromatic heterocycles. The molecule has 0 saturated carbocycles. The van der Waals surface area contributed by atoms with Crippen molar-refractivity contribution in [2.45, 2.75) is 45.3 Å². The van der Waals surface area contributed by atoms with E-state index in [4.69, 9.17) is 4.74 Å². The van der Waals surface area contributed by atoms with E-state index in [1.165, 1.54) is 18.4 Å². The molecule has 4 nitrogen and oxygen atoms in total. The van der Waals surface area contributed by atoms with E-state index in [9.17, 15) is 4.79 Å². The Labute approximate surface area is 157 Å². The van der Waals surface area contributed by atoms with Crippen molar-refractivity contribution in [3.8, 4) is 0 Å². The van der Waals surface area contributed by atoms with E-state index in [1.54, 1.807) is 0 Å². The van der Waals surface area contributed by atoms with Crippen LogP contribution in [0.2, 0.25) is 0 Å². The Bertz CT molecular complexity index is 534. The van der Waals surface area contributed by atoms with E-state index in [0.29, 0.717) is 31.4 Å². The number of benzene rings is 1. The van der Waals surface area contributed by atoms with E-state index in [-0.39, 0.29) is 30.5 Å². The highest BCUT2D eigenvalue weighted by Crippen LogP contribution is 2.29. The number of ether oxygens (including phenoxy) is 1. The van der Waals surface area contributed by atoms with Crippen molar-refractivity contribution in [3.63, 3.8) is 0 Å². The lowest BCUT2D eigenvalue weighted by Gasteiger charge is -2.40. The molecule has 4 atom stereocenters. The quantitative estimate of drug-likeness (QED) is 0.887. The van der Waals surface area contributed by atoms with Crippen molar-refractivity contribution in [2.75, 3.05) is 26.2 Å². The number of hydrogen-bond donors (Lipinski definition) is 1. The molecule has 5 heteroatoms. The molecule has 2 heterocycles. The normalized spacial score (nSPS) is 28.1. The minimum Gasteiger partial charge on any atom is -0.374 e. The third kappa shape index (κ3) is 5.19. The zero-order chi connectivity index (χ0) is 16.9. The van der Waals surface area contributed by atoms with Gasteiger partial charge in [-0.05, 0) is 50.3 Å². The highest BCUT2D eigenvalue weighted by Gasteiger charge is 2.33. The lowest BCUT2D eigenvalue weighted by molar-refractivity contribution is -0.146. The van der Waals surface area contributed by atoms with Gasteiger partial charge in [0.1, 0.15) is 0 Å². The fraction of sp³-hybridized carbons (Fsp3) is 0.650. The first-order valence-corrected chi connectivity index (χ1v) is 9.32. The average molecular weight is 367 g/mol. The largest absolute Gasteiger partial charge is 0.374 e. The predicted molar refractivity (Wildman–Crippen MR) is 103 cm³/mol. The van der Waals surface area contributed by atoms with Crippen LogP contribution in [0.4, 0.5) is 0 Å². The predicted octanol–water partition coefficient (Wildman–Crippen LogP) is 3.42. The summed E-state index contributed by atoms with van der Waals surface area (Å²) in [4.78, 5) is 15.1. The lowest BCUT2D eigenvalue weighted by atomic mass is 9.85. The second-order valence-corrected chi connectivity index (χ2v) is 7.40. The van der Waals surface area contributed by atoms with Crippen molar-refractivity contribution >= 4 is 18.3 Å². The first-order chi connectivity index (χ1) is 11.6. The number of halogens is 1. The Morgan fingerprint density at radius 2 is 2.12 bits per heavy atom. The number of rotatable bonds is 4. The van der Waals surface area contributed by atoms with Crippen LogP contribution in [0.5, 0.6) is 0 Å². The van der Waals surface area contributed by atoms with Gasteiger partial charge in [0.05, 0.1) is 18.8 Å². The molecule has 140 valence electrons. The molecule has 2 saturated heterocycles. The number of piperidine rings is 1. The van der Waals surface area contributed by atoms with E-state index < -0.39 is 0 Å². The first kappa shape index (κ1) is 20.2. The van der Waals surface area contributed by atoms with Crippen LogP contribution in [0.25, 0.3) is 0 Å². The van der Waals surface area contributed by atoms with Crippen LogP contribution in [-0.2, 0) is 9.53 Å². The summed E-state index contributed by atoms with van der Waals surface area (Å²) in [6.45, 7) is 7.74. The summed E-state index contributed by atoms with van der Waals surface area (Å²) in [7, 11) is 0. The number of amides is 1. The number of nitrogens with zero attached hydrogens (tertiary/aromatic N) is 1. The maximum Gasteiger partial charge on any atom is 0.223 e. The van der Waals surface area contributed by atoms with E-state index >= 15 is 0 Å². The Kier molecular flexibility index (Phi) is 7.73. The summed E-state index contributed by atoms with van der Waals surface area (Å²) in [6.07, 6.45) is 3.22. The van der Waals surface area contributed by atoms with Gasteiger partial charge in [0.15, 0.2) is 0 Å². The van der Waals surface area contributed by atoms with Crippen molar-refractivity contribution in [1.82, 2.24) is 10.2 Å². The molecule has 0 radical (unpaired) electrons. The third-order valence-corrected chi connectivity index (χ3v) is 5.51. The van der Waals surface area contributed by atoms with Gasteiger partial charge in [0.25, 0.3) is 0 Å².